The third-order valence-corrected chi connectivity index (χ3v) is 3.06. The van der Waals surface area contributed by atoms with Gasteiger partial charge in [-0.3, -0.25) is 0 Å². The standard InChI is InChI=1S/C15H15NO3/c1-9-11(10-6-4-3-5-7-10)8-12(16)14(17)13(9)15(18)19-2/h3-8,17H,16H2,1-2H3. The van der Waals surface area contributed by atoms with Crippen LogP contribution >= 0.6 is 0 Å². The second-order valence-corrected chi connectivity index (χ2v) is 4.22. The average molecular weight is 257 g/mol. The summed E-state index contributed by atoms with van der Waals surface area (Å²) in [7, 11) is 1.27. The van der Waals surface area contributed by atoms with Gasteiger partial charge in [0.2, 0.25) is 0 Å². The molecule has 0 aliphatic carbocycles. The number of methoxy groups -OCH3 is 1. The first-order chi connectivity index (χ1) is 9.06. The summed E-state index contributed by atoms with van der Waals surface area (Å²) in [6, 6.07) is 11.2. The van der Waals surface area contributed by atoms with Crippen LogP contribution in [0, 0.1) is 6.92 Å². The van der Waals surface area contributed by atoms with Gasteiger partial charge in [0.1, 0.15) is 5.56 Å². The summed E-state index contributed by atoms with van der Waals surface area (Å²) < 4.78 is 4.69. The van der Waals surface area contributed by atoms with Gasteiger partial charge in [-0.2, -0.15) is 0 Å². The molecule has 0 aromatic heterocycles. The average Bonchev–Trinajstić information content (AvgIpc) is 2.43. The number of benzene rings is 2. The van der Waals surface area contributed by atoms with Crippen LogP contribution in [0.15, 0.2) is 36.4 Å². The van der Waals surface area contributed by atoms with Crippen molar-refractivity contribution in [1.29, 1.82) is 0 Å². The zero-order valence-corrected chi connectivity index (χ0v) is 10.8. The van der Waals surface area contributed by atoms with Gasteiger partial charge in [0.25, 0.3) is 0 Å². The molecule has 2 aromatic rings. The van der Waals surface area contributed by atoms with Crippen LogP contribution < -0.4 is 5.73 Å². The molecular weight excluding hydrogens is 242 g/mol. The summed E-state index contributed by atoms with van der Waals surface area (Å²) in [6.45, 7) is 1.76. The van der Waals surface area contributed by atoms with Gasteiger partial charge in [0.05, 0.1) is 12.8 Å². The highest BCUT2D eigenvalue weighted by Gasteiger charge is 2.20. The monoisotopic (exact) mass is 257 g/mol. The van der Waals surface area contributed by atoms with E-state index in [1.165, 1.54) is 7.11 Å². The van der Waals surface area contributed by atoms with E-state index in [-0.39, 0.29) is 17.0 Å². The van der Waals surface area contributed by atoms with Crippen molar-refractivity contribution in [2.24, 2.45) is 0 Å². The van der Waals surface area contributed by atoms with Crippen LogP contribution in [0.25, 0.3) is 11.1 Å². The van der Waals surface area contributed by atoms with Crippen molar-refractivity contribution in [3.8, 4) is 16.9 Å². The quantitative estimate of drug-likeness (QED) is 0.493. The van der Waals surface area contributed by atoms with Gasteiger partial charge in [-0.1, -0.05) is 30.3 Å². The maximum absolute atomic E-state index is 11.8. The van der Waals surface area contributed by atoms with E-state index in [9.17, 15) is 9.90 Å². The van der Waals surface area contributed by atoms with E-state index in [1.54, 1.807) is 13.0 Å². The number of hydrogen-bond acceptors (Lipinski definition) is 4. The summed E-state index contributed by atoms with van der Waals surface area (Å²) in [5.74, 6) is -0.830. The topological polar surface area (TPSA) is 72.5 Å². The van der Waals surface area contributed by atoms with Crippen LogP contribution in [0.5, 0.6) is 5.75 Å². The Morgan fingerprint density at radius 2 is 1.89 bits per heavy atom. The molecule has 0 unspecified atom stereocenters. The van der Waals surface area contributed by atoms with E-state index in [4.69, 9.17) is 5.73 Å². The molecule has 19 heavy (non-hydrogen) atoms. The van der Waals surface area contributed by atoms with Crippen molar-refractivity contribution in [1.82, 2.24) is 0 Å². The van der Waals surface area contributed by atoms with Crippen LogP contribution in [-0.2, 0) is 4.74 Å². The first-order valence-corrected chi connectivity index (χ1v) is 5.82. The second kappa shape index (κ2) is 5.02. The molecule has 0 aliphatic rings. The highest BCUT2D eigenvalue weighted by atomic mass is 16.5. The highest BCUT2D eigenvalue weighted by Crippen LogP contribution is 2.36. The van der Waals surface area contributed by atoms with Crippen molar-refractivity contribution >= 4 is 11.7 Å². The first-order valence-electron chi connectivity index (χ1n) is 5.82. The number of nitrogen functional groups attached to an aromatic ring is 1. The molecule has 4 nitrogen and oxygen atoms in total. The number of rotatable bonds is 2. The van der Waals surface area contributed by atoms with Crippen LogP contribution in [0.3, 0.4) is 0 Å². The van der Waals surface area contributed by atoms with E-state index in [0.29, 0.717) is 5.56 Å². The summed E-state index contributed by atoms with van der Waals surface area (Å²) in [5.41, 5.74) is 8.41. The molecule has 0 fully saturated rings. The van der Waals surface area contributed by atoms with Gasteiger partial charge in [-0.25, -0.2) is 4.79 Å². The van der Waals surface area contributed by atoms with Crippen molar-refractivity contribution in [2.45, 2.75) is 6.92 Å². The molecule has 0 amide bonds. The Balaban J connectivity index is 2.71. The summed E-state index contributed by atoms with van der Waals surface area (Å²) in [6.07, 6.45) is 0. The highest BCUT2D eigenvalue weighted by molar-refractivity contribution is 5.98. The van der Waals surface area contributed by atoms with Crippen LogP contribution in [-0.4, -0.2) is 18.2 Å². The normalized spacial score (nSPS) is 10.2. The van der Waals surface area contributed by atoms with Gasteiger partial charge < -0.3 is 15.6 Å². The number of phenols is 1. The lowest BCUT2D eigenvalue weighted by Gasteiger charge is -2.14. The lowest BCUT2D eigenvalue weighted by Crippen LogP contribution is -2.07. The van der Waals surface area contributed by atoms with Gasteiger partial charge in [-0.05, 0) is 29.7 Å². The van der Waals surface area contributed by atoms with E-state index in [2.05, 4.69) is 4.74 Å². The second-order valence-electron chi connectivity index (χ2n) is 4.22. The molecule has 4 heteroatoms. The smallest absolute Gasteiger partial charge is 0.342 e. The third-order valence-electron chi connectivity index (χ3n) is 3.06. The predicted octanol–water partition coefficient (Wildman–Crippen LogP) is 2.74. The zero-order valence-electron chi connectivity index (χ0n) is 10.8. The van der Waals surface area contributed by atoms with Crippen LogP contribution in [0.2, 0.25) is 0 Å². The van der Waals surface area contributed by atoms with E-state index >= 15 is 0 Å². The molecule has 0 atom stereocenters. The number of anilines is 1. The van der Waals surface area contributed by atoms with Crippen LogP contribution in [0.4, 0.5) is 5.69 Å². The molecule has 3 N–H and O–H groups in total. The third kappa shape index (κ3) is 2.25. The molecule has 0 heterocycles. The summed E-state index contributed by atoms with van der Waals surface area (Å²) in [5, 5.41) is 9.93. The SMILES string of the molecule is COC(=O)c1c(C)c(-c2ccccc2)cc(N)c1O. The lowest BCUT2D eigenvalue weighted by molar-refractivity contribution is 0.0597. The number of ether oxygens (including phenoxy) is 1. The fourth-order valence-corrected chi connectivity index (χ4v) is 2.06. The van der Waals surface area contributed by atoms with Crippen molar-refractivity contribution in [3.63, 3.8) is 0 Å². The molecular formula is C15H15NO3. The maximum atomic E-state index is 11.8. The van der Waals surface area contributed by atoms with Crippen molar-refractivity contribution in [3.05, 3.63) is 47.5 Å². The minimum atomic E-state index is -0.598. The zero-order chi connectivity index (χ0) is 14.0. The first kappa shape index (κ1) is 13.0. The minimum Gasteiger partial charge on any atom is -0.505 e. The molecule has 0 radical (unpaired) electrons. The Labute approximate surface area is 111 Å². The molecule has 0 aliphatic heterocycles. The van der Waals surface area contributed by atoms with Gasteiger partial charge in [0, 0.05) is 0 Å². The number of nitrogens with two attached hydrogens (primary N) is 1. The van der Waals surface area contributed by atoms with Crippen molar-refractivity contribution < 1.29 is 14.6 Å². The number of carbonyl (C=O) groups is 1. The molecule has 98 valence electrons. The Bertz CT molecular complexity index is 621. The van der Waals surface area contributed by atoms with Gasteiger partial charge in [-0.15, -0.1) is 0 Å². The summed E-state index contributed by atoms with van der Waals surface area (Å²) >= 11 is 0. The fourth-order valence-electron chi connectivity index (χ4n) is 2.06. The predicted molar refractivity (Wildman–Crippen MR) is 74.0 cm³/mol. The summed E-state index contributed by atoms with van der Waals surface area (Å²) in [4.78, 5) is 11.8. The van der Waals surface area contributed by atoms with Crippen LogP contribution in [0.1, 0.15) is 15.9 Å². The molecule has 0 saturated heterocycles. The number of hydrogen-bond donors (Lipinski definition) is 2. The Kier molecular flexibility index (Phi) is 3.42. The molecule has 0 saturated carbocycles. The molecule has 0 spiro atoms. The lowest BCUT2D eigenvalue weighted by atomic mass is 9.94. The van der Waals surface area contributed by atoms with Crippen molar-refractivity contribution in [2.75, 3.05) is 12.8 Å². The molecule has 2 rings (SSSR count). The van der Waals surface area contributed by atoms with Gasteiger partial charge in [0.15, 0.2) is 5.75 Å². The molecule has 0 bridgehead atoms. The molecule has 2 aromatic carbocycles. The van der Waals surface area contributed by atoms with E-state index < -0.39 is 5.97 Å². The van der Waals surface area contributed by atoms with E-state index in [1.807, 2.05) is 30.3 Å². The maximum Gasteiger partial charge on any atom is 0.342 e. The Hall–Kier alpha value is -2.49. The number of esters is 1. The largest absolute Gasteiger partial charge is 0.505 e. The number of carbonyl (C=O) groups excluding carboxylic acids is 1. The number of aromatic hydroxyl groups is 1. The Morgan fingerprint density at radius 3 is 2.47 bits per heavy atom. The van der Waals surface area contributed by atoms with Gasteiger partial charge >= 0.3 is 5.97 Å². The number of phenolic OH excluding ortho intramolecular Hbond substituents is 1. The van der Waals surface area contributed by atoms with E-state index in [0.717, 1.165) is 11.1 Å². The minimum absolute atomic E-state index is 0.112. The Morgan fingerprint density at radius 1 is 1.26 bits per heavy atom. The fraction of sp³-hybridized carbons (Fsp3) is 0.133.